The smallest absolute Gasteiger partial charge is 0.319 e. The number of carbonyl (C=O) groups excluding carboxylic acids is 2. The van der Waals surface area contributed by atoms with Crippen molar-refractivity contribution in [1.82, 2.24) is 10.3 Å². The van der Waals surface area contributed by atoms with Gasteiger partial charge in [-0.2, -0.15) is 0 Å². The molecule has 4 N–H and O–H groups in total. The molecule has 0 spiro atoms. The number of aromatic nitrogens is 1. The SMILES string of the molecule is COc1ccc(CC(NC(=O)Nc2ccc(Cl)cc2)c2ocnc2C(N)=O)cc1. The number of halogens is 1. The molecule has 9 heteroatoms. The number of amides is 3. The van der Waals surface area contributed by atoms with Crippen LogP contribution in [0.1, 0.15) is 27.9 Å². The van der Waals surface area contributed by atoms with Crippen LogP contribution in [0.2, 0.25) is 5.02 Å². The Labute approximate surface area is 172 Å². The molecule has 0 fully saturated rings. The van der Waals surface area contributed by atoms with E-state index >= 15 is 0 Å². The van der Waals surface area contributed by atoms with E-state index in [1.807, 2.05) is 12.1 Å². The Kier molecular flexibility index (Phi) is 6.36. The minimum atomic E-state index is -0.742. The molecule has 0 aliphatic heterocycles. The van der Waals surface area contributed by atoms with Crippen LogP contribution in [-0.2, 0) is 6.42 Å². The number of oxazole rings is 1. The zero-order valence-electron chi connectivity index (χ0n) is 15.5. The number of carbonyl (C=O) groups is 2. The van der Waals surface area contributed by atoms with E-state index < -0.39 is 18.0 Å². The number of ether oxygens (including phenoxy) is 1. The van der Waals surface area contributed by atoms with E-state index in [9.17, 15) is 9.59 Å². The normalized spacial score (nSPS) is 11.5. The Balaban J connectivity index is 1.81. The number of hydrogen-bond donors (Lipinski definition) is 3. The van der Waals surface area contributed by atoms with Gasteiger partial charge in [0.15, 0.2) is 17.8 Å². The van der Waals surface area contributed by atoms with E-state index in [1.165, 1.54) is 0 Å². The molecule has 8 nitrogen and oxygen atoms in total. The second-order valence-corrected chi connectivity index (χ2v) is 6.58. The number of benzene rings is 2. The quantitative estimate of drug-likeness (QED) is 0.546. The second kappa shape index (κ2) is 9.11. The number of nitrogens with two attached hydrogens (primary N) is 1. The van der Waals surface area contributed by atoms with Crippen molar-refractivity contribution in [3.05, 3.63) is 77.0 Å². The van der Waals surface area contributed by atoms with Gasteiger partial charge in [-0.3, -0.25) is 4.79 Å². The minimum absolute atomic E-state index is 0.0321. The van der Waals surface area contributed by atoms with Crippen molar-refractivity contribution in [3.8, 4) is 5.75 Å². The predicted molar refractivity (Wildman–Crippen MR) is 108 cm³/mol. The zero-order valence-corrected chi connectivity index (χ0v) is 16.3. The van der Waals surface area contributed by atoms with E-state index in [-0.39, 0.29) is 11.5 Å². The van der Waals surface area contributed by atoms with Crippen LogP contribution in [-0.4, -0.2) is 24.0 Å². The highest BCUT2D eigenvalue weighted by Gasteiger charge is 2.25. The highest BCUT2D eigenvalue weighted by Crippen LogP contribution is 2.23. The van der Waals surface area contributed by atoms with Crippen LogP contribution >= 0.6 is 11.6 Å². The molecule has 1 unspecified atom stereocenters. The summed E-state index contributed by atoms with van der Waals surface area (Å²) in [6, 6.07) is 12.8. The summed E-state index contributed by atoms with van der Waals surface area (Å²) in [5, 5.41) is 6.06. The molecule has 0 saturated carbocycles. The Morgan fingerprint density at radius 2 is 1.86 bits per heavy atom. The van der Waals surface area contributed by atoms with Crippen molar-refractivity contribution in [2.24, 2.45) is 5.73 Å². The molecule has 0 bridgehead atoms. The molecule has 1 atom stereocenters. The second-order valence-electron chi connectivity index (χ2n) is 6.14. The fourth-order valence-corrected chi connectivity index (χ4v) is 2.88. The number of primary amides is 1. The molecule has 3 rings (SSSR count). The standard InChI is InChI=1S/C20H19ClN4O4/c1-28-15-8-2-12(3-9-15)10-16(18-17(19(22)26)23-11-29-18)25-20(27)24-14-6-4-13(21)5-7-14/h2-9,11,16H,10H2,1H3,(H2,22,26)(H2,24,25,27). The lowest BCUT2D eigenvalue weighted by molar-refractivity contribution is 0.0993. The van der Waals surface area contributed by atoms with E-state index in [0.29, 0.717) is 22.9 Å². The molecule has 3 aromatic rings. The highest BCUT2D eigenvalue weighted by atomic mass is 35.5. The molecular formula is C20H19ClN4O4. The van der Waals surface area contributed by atoms with Crippen molar-refractivity contribution >= 4 is 29.2 Å². The average Bonchev–Trinajstić information content (AvgIpc) is 3.20. The van der Waals surface area contributed by atoms with E-state index in [2.05, 4.69) is 15.6 Å². The number of hydrogen-bond acceptors (Lipinski definition) is 5. The molecule has 2 aromatic carbocycles. The van der Waals surface area contributed by atoms with Crippen LogP contribution in [0.4, 0.5) is 10.5 Å². The van der Waals surface area contributed by atoms with Gasteiger partial charge >= 0.3 is 6.03 Å². The molecular weight excluding hydrogens is 396 g/mol. The van der Waals surface area contributed by atoms with E-state index in [0.717, 1.165) is 12.0 Å². The van der Waals surface area contributed by atoms with Gasteiger partial charge in [0, 0.05) is 17.1 Å². The number of rotatable bonds is 7. The Morgan fingerprint density at radius 3 is 2.48 bits per heavy atom. The number of urea groups is 1. The zero-order chi connectivity index (χ0) is 20.8. The van der Waals surface area contributed by atoms with Crippen molar-refractivity contribution < 1.29 is 18.7 Å². The fourth-order valence-electron chi connectivity index (χ4n) is 2.75. The summed E-state index contributed by atoms with van der Waals surface area (Å²) in [4.78, 5) is 28.1. The third-order valence-electron chi connectivity index (χ3n) is 4.15. The lowest BCUT2D eigenvalue weighted by Crippen LogP contribution is -2.34. The first kappa shape index (κ1) is 20.2. The summed E-state index contributed by atoms with van der Waals surface area (Å²) in [6.45, 7) is 0. The molecule has 1 aromatic heterocycles. The monoisotopic (exact) mass is 414 g/mol. The van der Waals surface area contributed by atoms with Crippen LogP contribution in [0.15, 0.2) is 59.3 Å². The van der Waals surface area contributed by atoms with Crippen LogP contribution in [0.3, 0.4) is 0 Å². The molecule has 0 saturated heterocycles. The highest BCUT2D eigenvalue weighted by molar-refractivity contribution is 6.30. The van der Waals surface area contributed by atoms with Gasteiger partial charge in [-0.05, 0) is 42.0 Å². The largest absolute Gasteiger partial charge is 0.497 e. The topological polar surface area (TPSA) is 119 Å². The minimum Gasteiger partial charge on any atom is -0.497 e. The number of nitrogens with one attached hydrogen (secondary N) is 2. The van der Waals surface area contributed by atoms with Crippen molar-refractivity contribution in [2.45, 2.75) is 12.5 Å². The van der Waals surface area contributed by atoms with E-state index in [4.69, 9.17) is 26.5 Å². The Bertz CT molecular complexity index is 986. The van der Waals surface area contributed by atoms with Crippen LogP contribution in [0.25, 0.3) is 0 Å². The van der Waals surface area contributed by atoms with Crippen molar-refractivity contribution in [2.75, 3.05) is 12.4 Å². The number of anilines is 1. The molecule has 0 aliphatic rings. The molecule has 150 valence electrons. The van der Waals surface area contributed by atoms with Crippen molar-refractivity contribution in [3.63, 3.8) is 0 Å². The summed E-state index contributed by atoms with van der Waals surface area (Å²) in [5.74, 6) is 0.143. The van der Waals surface area contributed by atoms with Crippen LogP contribution in [0.5, 0.6) is 5.75 Å². The molecule has 0 radical (unpaired) electrons. The summed E-state index contributed by atoms with van der Waals surface area (Å²) < 4.78 is 10.5. The molecule has 29 heavy (non-hydrogen) atoms. The van der Waals surface area contributed by atoms with Crippen molar-refractivity contribution in [1.29, 1.82) is 0 Å². The van der Waals surface area contributed by atoms with Gasteiger partial charge in [-0.25, -0.2) is 9.78 Å². The maximum atomic E-state index is 12.5. The lowest BCUT2D eigenvalue weighted by Gasteiger charge is -2.18. The summed E-state index contributed by atoms with van der Waals surface area (Å²) >= 11 is 5.86. The summed E-state index contributed by atoms with van der Waals surface area (Å²) in [5.41, 5.74) is 6.79. The Morgan fingerprint density at radius 1 is 1.17 bits per heavy atom. The van der Waals surface area contributed by atoms with Gasteiger partial charge < -0.3 is 25.5 Å². The third-order valence-corrected chi connectivity index (χ3v) is 4.40. The van der Waals surface area contributed by atoms with Gasteiger partial charge in [0.1, 0.15) is 5.75 Å². The summed E-state index contributed by atoms with van der Waals surface area (Å²) in [7, 11) is 1.58. The maximum Gasteiger partial charge on any atom is 0.319 e. The third kappa shape index (κ3) is 5.26. The summed E-state index contributed by atoms with van der Waals surface area (Å²) in [6.07, 6.45) is 1.46. The van der Waals surface area contributed by atoms with Gasteiger partial charge in [-0.1, -0.05) is 23.7 Å². The van der Waals surface area contributed by atoms with Gasteiger partial charge in [0.2, 0.25) is 0 Å². The number of methoxy groups -OCH3 is 1. The maximum absolute atomic E-state index is 12.5. The first-order chi connectivity index (χ1) is 14.0. The van der Waals surface area contributed by atoms with Crippen LogP contribution in [0, 0.1) is 0 Å². The van der Waals surface area contributed by atoms with Crippen LogP contribution < -0.4 is 21.1 Å². The van der Waals surface area contributed by atoms with E-state index in [1.54, 1.807) is 43.5 Å². The number of nitrogens with zero attached hydrogens (tertiary/aromatic N) is 1. The first-order valence-corrected chi connectivity index (χ1v) is 9.03. The molecule has 3 amide bonds. The predicted octanol–water partition coefficient (Wildman–Crippen LogP) is 3.54. The Hall–Kier alpha value is -3.52. The lowest BCUT2D eigenvalue weighted by atomic mass is 10.0. The average molecular weight is 415 g/mol. The molecule has 0 aliphatic carbocycles. The van der Waals surface area contributed by atoms with Gasteiger partial charge in [0.05, 0.1) is 13.2 Å². The van der Waals surface area contributed by atoms with Gasteiger partial charge in [-0.15, -0.1) is 0 Å². The molecule has 1 heterocycles. The first-order valence-electron chi connectivity index (χ1n) is 8.65. The fraction of sp³-hybridized carbons (Fsp3) is 0.150. The van der Waals surface area contributed by atoms with Gasteiger partial charge in [0.25, 0.3) is 5.91 Å².